The van der Waals surface area contributed by atoms with E-state index in [0.29, 0.717) is 0 Å². The highest BCUT2D eigenvalue weighted by atomic mass is 16.4. The molecule has 0 fully saturated rings. The maximum atomic E-state index is 11.6. The number of anilines is 1. The van der Waals surface area contributed by atoms with Crippen LogP contribution >= 0.6 is 0 Å². The first-order valence-corrected chi connectivity index (χ1v) is 5.24. The third-order valence-electron chi connectivity index (χ3n) is 2.25. The molecule has 1 unspecified atom stereocenters. The monoisotopic (exact) mass is 267 g/mol. The predicted molar refractivity (Wildman–Crippen MR) is 65.9 cm³/mol. The standard InChI is InChI=1S/C11H13N3O5/c1-5(13-11(12)19)9(16)14-7-3-2-6(10(17)18)4-8(7)15/h2-5,15H,1H3,(H,14,16)(H,17,18)(H3,12,13,19). The number of carboxylic acids is 1. The van der Waals surface area contributed by atoms with Crippen molar-refractivity contribution in [1.82, 2.24) is 5.32 Å². The van der Waals surface area contributed by atoms with Crippen LogP contribution < -0.4 is 16.4 Å². The van der Waals surface area contributed by atoms with Gasteiger partial charge in [-0.05, 0) is 25.1 Å². The molecule has 0 aliphatic heterocycles. The second-order valence-electron chi connectivity index (χ2n) is 3.76. The highest BCUT2D eigenvalue weighted by molar-refractivity contribution is 5.98. The van der Waals surface area contributed by atoms with Crippen LogP contribution in [0, 0.1) is 0 Å². The smallest absolute Gasteiger partial charge is 0.335 e. The van der Waals surface area contributed by atoms with Crippen molar-refractivity contribution in [2.45, 2.75) is 13.0 Å². The zero-order chi connectivity index (χ0) is 14.6. The Bertz CT molecular complexity index is 529. The number of phenols is 1. The van der Waals surface area contributed by atoms with E-state index < -0.39 is 23.9 Å². The first-order chi connectivity index (χ1) is 8.81. The van der Waals surface area contributed by atoms with Crippen molar-refractivity contribution in [2.75, 3.05) is 5.32 Å². The number of hydrogen-bond donors (Lipinski definition) is 5. The number of carbonyl (C=O) groups excluding carboxylic acids is 2. The normalized spacial score (nSPS) is 11.4. The van der Waals surface area contributed by atoms with Gasteiger partial charge < -0.3 is 26.6 Å². The van der Waals surface area contributed by atoms with Gasteiger partial charge in [-0.15, -0.1) is 0 Å². The van der Waals surface area contributed by atoms with E-state index >= 15 is 0 Å². The molecule has 0 radical (unpaired) electrons. The van der Waals surface area contributed by atoms with Crippen LogP contribution in [0.5, 0.6) is 5.75 Å². The number of nitrogens with one attached hydrogen (secondary N) is 2. The lowest BCUT2D eigenvalue weighted by atomic mass is 10.2. The first-order valence-electron chi connectivity index (χ1n) is 5.24. The number of carbonyl (C=O) groups is 3. The van der Waals surface area contributed by atoms with Crippen LogP contribution in [0.2, 0.25) is 0 Å². The number of carboxylic acid groups (broad SMARTS) is 1. The molecule has 0 spiro atoms. The number of aromatic hydroxyl groups is 1. The van der Waals surface area contributed by atoms with E-state index in [2.05, 4.69) is 10.6 Å². The minimum atomic E-state index is -1.20. The molecular weight excluding hydrogens is 254 g/mol. The number of nitrogens with two attached hydrogens (primary N) is 1. The number of aromatic carboxylic acids is 1. The molecule has 0 bridgehead atoms. The molecule has 0 aliphatic carbocycles. The van der Waals surface area contributed by atoms with Gasteiger partial charge >= 0.3 is 12.0 Å². The Hall–Kier alpha value is -2.77. The molecule has 1 atom stereocenters. The number of phenolic OH excluding ortho intramolecular Hbond substituents is 1. The summed E-state index contributed by atoms with van der Waals surface area (Å²) < 4.78 is 0. The second kappa shape index (κ2) is 5.71. The van der Waals surface area contributed by atoms with E-state index in [1.807, 2.05) is 0 Å². The summed E-state index contributed by atoms with van der Waals surface area (Å²) in [6.45, 7) is 1.41. The molecule has 1 aromatic rings. The van der Waals surface area contributed by atoms with Crippen LogP contribution in [0.15, 0.2) is 18.2 Å². The Labute approximate surface area is 108 Å². The zero-order valence-corrected chi connectivity index (χ0v) is 10.0. The van der Waals surface area contributed by atoms with Crippen LogP contribution in [-0.4, -0.2) is 34.2 Å². The summed E-state index contributed by atoms with van der Waals surface area (Å²) >= 11 is 0. The van der Waals surface area contributed by atoms with Crippen LogP contribution in [0.3, 0.4) is 0 Å². The third-order valence-corrected chi connectivity index (χ3v) is 2.25. The Morgan fingerprint density at radius 2 is 1.95 bits per heavy atom. The number of amides is 3. The Morgan fingerprint density at radius 3 is 2.42 bits per heavy atom. The molecule has 0 heterocycles. The van der Waals surface area contributed by atoms with Crippen molar-refractivity contribution in [3.05, 3.63) is 23.8 Å². The van der Waals surface area contributed by atoms with E-state index in [1.165, 1.54) is 19.1 Å². The molecule has 0 aliphatic rings. The van der Waals surface area contributed by atoms with Gasteiger partial charge in [0.2, 0.25) is 5.91 Å². The molecule has 1 rings (SSSR count). The van der Waals surface area contributed by atoms with Gasteiger partial charge in [0.15, 0.2) is 0 Å². The van der Waals surface area contributed by atoms with Gasteiger partial charge in [-0.25, -0.2) is 9.59 Å². The van der Waals surface area contributed by atoms with E-state index in [9.17, 15) is 19.5 Å². The van der Waals surface area contributed by atoms with Crippen LogP contribution in [0.25, 0.3) is 0 Å². The summed E-state index contributed by atoms with van der Waals surface area (Å²) in [5.41, 5.74) is 4.79. The van der Waals surface area contributed by atoms with Crippen molar-refractivity contribution in [2.24, 2.45) is 5.73 Å². The quantitative estimate of drug-likeness (QED) is 0.491. The fourth-order valence-electron chi connectivity index (χ4n) is 1.29. The van der Waals surface area contributed by atoms with E-state index in [0.717, 1.165) is 6.07 Å². The fourth-order valence-corrected chi connectivity index (χ4v) is 1.29. The molecule has 0 aromatic heterocycles. The SMILES string of the molecule is CC(NC(N)=O)C(=O)Nc1ccc(C(=O)O)cc1O. The van der Waals surface area contributed by atoms with E-state index in [4.69, 9.17) is 10.8 Å². The number of urea groups is 1. The maximum absolute atomic E-state index is 11.6. The highest BCUT2D eigenvalue weighted by Crippen LogP contribution is 2.24. The maximum Gasteiger partial charge on any atom is 0.335 e. The van der Waals surface area contributed by atoms with Crippen LogP contribution in [0.4, 0.5) is 10.5 Å². The topological polar surface area (TPSA) is 142 Å². The molecule has 1 aromatic carbocycles. The minimum Gasteiger partial charge on any atom is -0.506 e. The summed E-state index contributed by atoms with van der Waals surface area (Å²) in [6.07, 6.45) is 0. The Kier molecular flexibility index (Phi) is 4.30. The lowest BCUT2D eigenvalue weighted by Crippen LogP contribution is -2.44. The second-order valence-corrected chi connectivity index (χ2v) is 3.76. The molecule has 102 valence electrons. The average Bonchev–Trinajstić information content (AvgIpc) is 2.30. The molecule has 6 N–H and O–H groups in total. The average molecular weight is 267 g/mol. The number of primary amides is 1. The molecular formula is C11H13N3O5. The van der Waals surface area contributed by atoms with Crippen molar-refractivity contribution < 1.29 is 24.6 Å². The largest absolute Gasteiger partial charge is 0.506 e. The number of rotatable bonds is 4. The van der Waals surface area contributed by atoms with Crippen molar-refractivity contribution in [3.8, 4) is 5.75 Å². The van der Waals surface area contributed by atoms with Gasteiger partial charge in [-0.3, -0.25) is 4.79 Å². The zero-order valence-electron chi connectivity index (χ0n) is 10.0. The summed E-state index contributed by atoms with van der Waals surface area (Å²) in [7, 11) is 0. The van der Waals surface area contributed by atoms with Gasteiger partial charge in [0.05, 0.1) is 11.3 Å². The van der Waals surface area contributed by atoms with E-state index in [1.54, 1.807) is 0 Å². The molecule has 0 saturated carbocycles. The van der Waals surface area contributed by atoms with Gasteiger partial charge in [0.1, 0.15) is 11.8 Å². The molecule has 8 heteroatoms. The van der Waals surface area contributed by atoms with Gasteiger partial charge in [0.25, 0.3) is 0 Å². The number of hydrogen-bond acceptors (Lipinski definition) is 4. The van der Waals surface area contributed by atoms with E-state index in [-0.39, 0.29) is 17.0 Å². The first kappa shape index (κ1) is 14.3. The summed E-state index contributed by atoms with van der Waals surface area (Å²) in [6, 6.07) is 1.73. The Morgan fingerprint density at radius 1 is 1.32 bits per heavy atom. The molecule has 3 amide bonds. The van der Waals surface area contributed by atoms with Crippen molar-refractivity contribution >= 4 is 23.6 Å². The summed E-state index contributed by atoms with van der Waals surface area (Å²) in [5, 5.41) is 22.8. The van der Waals surface area contributed by atoms with Gasteiger partial charge in [0, 0.05) is 0 Å². The lowest BCUT2D eigenvalue weighted by Gasteiger charge is -2.13. The van der Waals surface area contributed by atoms with Crippen LogP contribution in [0.1, 0.15) is 17.3 Å². The fraction of sp³-hybridized carbons (Fsp3) is 0.182. The van der Waals surface area contributed by atoms with Crippen LogP contribution in [-0.2, 0) is 4.79 Å². The summed E-state index contributed by atoms with van der Waals surface area (Å²) in [5.74, 6) is -2.19. The third kappa shape index (κ3) is 3.87. The lowest BCUT2D eigenvalue weighted by molar-refractivity contribution is -0.117. The molecule has 0 saturated heterocycles. The molecule has 19 heavy (non-hydrogen) atoms. The molecule has 8 nitrogen and oxygen atoms in total. The minimum absolute atomic E-state index is 0.0353. The van der Waals surface area contributed by atoms with Crippen molar-refractivity contribution in [1.29, 1.82) is 0 Å². The predicted octanol–water partition coefficient (Wildman–Crippen LogP) is 0.0857. The highest BCUT2D eigenvalue weighted by Gasteiger charge is 2.16. The Balaban J connectivity index is 2.80. The number of benzene rings is 1. The van der Waals surface area contributed by atoms with Gasteiger partial charge in [-0.1, -0.05) is 0 Å². The van der Waals surface area contributed by atoms with Gasteiger partial charge in [-0.2, -0.15) is 0 Å². The summed E-state index contributed by atoms with van der Waals surface area (Å²) in [4.78, 5) is 32.8. The van der Waals surface area contributed by atoms with Crippen molar-refractivity contribution in [3.63, 3.8) is 0 Å².